The average molecular weight is 592 g/mol. The number of nitrogens with zero attached hydrogens (tertiary/aromatic N) is 1. The van der Waals surface area contributed by atoms with Gasteiger partial charge in [-0.25, -0.2) is 9.59 Å². The van der Waals surface area contributed by atoms with E-state index in [-0.39, 0.29) is 35.6 Å². The second-order valence-electron chi connectivity index (χ2n) is 12.8. The maximum absolute atomic E-state index is 14.0. The highest BCUT2D eigenvalue weighted by Crippen LogP contribution is 2.38. The highest BCUT2D eigenvalue weighted by atomic mass is 16.6. The molecule has 2 N–H and O–H groups in total. The highest BCUT2D eigenvalue weighted by Gasteiger charge is 2.45. The lowest BCUT2D eigenvalue weighted by Crippen LogP contribution is -2.48. The average Bonchev–Trinajstić information content (AvgIpc) is 3.42. The monoisotopic (exact) mass is 591 g/mol. The number of benzene rings is 2. The first-order valence-electron chi connectivity index (χ1n) is 15.2. The minimum absolute atomic E-state index is 0.0162. The van der Waals surface area contributed by atoms with Gasteiger partial charge in [0, 0.05) is 30.1 Å². The summed E-state index contributed by atoms with van der Waals surface area (Å²) in [7, 11) is 1.33. The van der Waals surface area contributed by atoms with Crippen molar-refractivity contribution >= 4 is 29.6 Å². The second kappa shape index (κ2) is 13.6. The standard InChI is InChI=1S/C34H45N3O6/c1-21-20-26(32(40)42-6)16-17-28(21)36-30(38)29-27(24-10-8-7-9-11-24)18-19-37(29)31(39)25-14-12-23(13-15-25)22(2)35-33(41)43-34(3,4)5/h7-11,16-17,20,22-23,25,27,29H,12-15,18-19H2,1-6H3,(H,35,41)(H,36,38)/t22?,23-,25-,27-,29-/m0/s1. The van der Waals surface area contributed by atoms with Crippen LogP contribution in [0.5, 0.6) is 0 Å². The molecule has 2 aliphatic rings. The molecule has 232 valence electrons. The van der Waals surface area contributed by atoms with E-state index < -0.39 is 23.7 Å². The molecule has 43 heavy (non-hydrogen) atoms. The summed E-state index contributed by atoms with van der Waals surface area (Å²) in [4.78, 5) is 53.9. The van der Waals surface area contributed by atoms with E-state index in [1.807, 2.05) is 65.0 Å². The molecule has 9 heteroatoms. The number of nitrogens with one attached hydrogen (secondary N) is 2. The van der Waals surface area contributed by atoms with Crippen molar-refractivity contribution in [3.63, 3.8) is 0 Å². The van der Waals surface area contributed by atoms with Crippen molar-refractivity contribution in [2.24, 2.45) is 11.8 Å². The molecule has 1 heterocycles. The van der Waals surface area contributed by atoms with Crippen molar-refractivity contribution in [1.82, 2.24) is 10.2 Å². The van der Waals surface area contributed by atoms with Crippen LogP contribution in [0.25, 0.3) is 0 Å². The van der Waals surface area contributed by atoms with Crippen molar-refractivity contribution in [1.29, 1.82) is 0 Å². The van der Waals surface area contributed by atoms with Gasteiger partial charge in [0.05, 0.1) is 12.7 Å². The molecule has 3 atom stereocenters. The van der Waals surface area contributed by atoms with Crippen molar-refractivity contribution < 1.29 is 28.7 Å². The quantitative estimate of drug-likeness (QED) is 0.392. The number of aryl methyl sites for hydroxylation is 1. The van der Waals surface area contributed by atoms with Crippen LogP contribution >= 0.6 is 0 Å². The summed E-state index contributed by atoms with van der Waals surface area (Å²) in [6.45, 7) is 9.83. The number of hydrogen-bond acceptors (Lipinski definition) is 6. The Kier molecular flexibility index (Phi) is 10.1. The van der Waals surface area contributed by atoms with Crippen molar-refractivity contribution in [2.45, 2.75) is 90.3 Å². The van der Waals surface area contributed by atoms with Gasteiger partial charge in [-0.15, -0.1) is 0 Å². The molecule has 1 saturated carbocycles. The highest BCUT2D eigenvalue weighted by molar-refractivity contribution is 6.00. The van der Waals surface area contributed by atoms with Crippen LogP contribution in [0.2, 0.25) is 0 Å². The van der Waals surface area contributed by atoms with Gasteiger partial charge in [0.25, 0.3) is 0 Å². The molecule has 9 nitrogen and oxygen atoms in total. The van der Waals surface area contributed by atoms with E-state index in [2.05, 4.69) is 10.6 Å². The van der Waals surface area contributed by atoms with E-state index in [1.165, 1.54) is 7.11 Å². The van der Waals surface area contributed by atoms with E-state index in [0.717, 1.165) is 24.0 Å². The summed E-state index contributed by atoms with van der Waals surface area (Å²) in [6.07, 6.45) is 3.31. The fourth-order valence-corrected chi connectivity index (χ4v) is 6.38. The van der Waals surface area contributed by atoms with Crippen LogP contribution in [-0.4, -0.2) is 60.1 Å². The molecule has 1 unspecified atom stereocenters. The largest absolute Gasteiger partial charge is 0.465 e. The molecule has 0 bridgehead atoms. The first-order valence-corrected chi connectivity index (χ1v) is 15.2. The van der Waals surface area contributed by atoms with Crippen LogP contribution in [0.3, 0.4) is 0 Å². The number of amides is 3. The number of ether oxygens (including phenoxy) is 2. The van der Waals surface area contributed by atoms with Gasteiger partial charge in [0.15, 0.2) is 0 Å². The number of alkyl carbamates (subject to hydrolysis) is 1. The summed E-state index contributed by atoms with van der Waals surface area (Å²) in [5, 5.41) is 6.00. The molecular weight excluding hydrogens is 546 g/mol. The van der Waals surface area contributed by atoms with E-state index in [4.69, 9.17) is 9.47 Å². The summed E-state index contributed by atoms with van der Waals surface area (Å²) in [5.41, 5.74) is 2.20. The minimum atomic E-state index is -0.653. The lowest BCUT2D eigenvalue weighted by molar-refractivity contribution is -0.141. The number of esters is 1. The lowest BCUT2D eigenvalue weighted by atomic mass is 9.78. The fourth-order valence-electron chi connectivity index (χ4n) is 6.38. The van der Waals surface area contributed by atoms with Crippen LogP contribution in [0.1, 0.15) is 87.2 Å². The van der Waals surface area contributed by atoms with Gasteiger partial charge in [0.2, 0.25) is 11.8 Å². The molecule has 4 rings (SSSR count). The zero-order valence-corrected chi connectivity index (χ0v) is 26.1. The predicted octanol–water partition coefficient (Wildman–Crippen LogP) is 5.82. The van der Waals surface area contributed by atoms with Gasteiger partial charge in [-0.3, -0.25) is 9.59 Å². The number of likely N-dealkylation sites (tertiary alicyclic amines) is 1. The first kappa shape index (κ1) is 32.0. The molecule has 2 aromatic rings. The van der Waals surface area contributed by atoms with Crippen LogP contribution in [0, 0.1) is 18.8 Å². The molecule has 3 amide bonds. The third-order valence-electron chi connectivity index (χ3n) is 8.66. The van der Waals surface area contributed by atoms with E-state index in [9.17, 15) is 19.2 Å². The topological polar surface area (TPSA) is 114 Å². The summed E-state index contributed by atoms with van der Waals surface area (Å²) < 4.78 is 10.2. The molecular formula is C34H45N3O6. The second-order valence-corrected chi connectivity index (χ2v) is 12.8. The Hall–Kier alpha value is -3.88. The predicted molar refractivity (Wildman–Crippen MR) is 165 cm³/mol. The molecule has 2 aromatic carbocycles. The third kappa shape index (κ3) is 7.94. The van der Waals surface area contributed by atoms with Gasteiger partial charge in [-0.05, 0) is 102 Å². The Balaban J connectivity index is 1.46. The summed E-state index contributed by atoms with van der Waals surface area (Å²) in [5.74, 6) is -0.713. The van der Waals surface area contributed by atoms with Gasteiger partial charge in [-0.2, -0.15) is 0 Å². The normalized spacial score (nSPS) is 22.8. The van der Waals surface area contributed by atoms with Crippen LogP contribution < -0.4 is 10.6 Å². The molecule has 0 aromatic heterocycles. The molecule has 2 fully saturated rings. The first-order chi connectivity index (χ1) is 20.4. The zero-order chi connectivity index (χ0) is 31.3. The number of anilines is 1. The maximum atomic E-state index is 14.0. The zero-order valence-electron chi connectivity index (χ0n) is 26.1. The smallest absolute Gasteiger partial charge is 0.407 e. The van der Waals surface area contributed by atoms with Crippen molar-refractivity contribution in [3.8, 4) is 0 Å². The van der Waals surface area contributed by atoms with Crippen molar-refractivity contribution in [2.75, 3.05) is 19.0 Å². The van der Waals surface area contributed by atoms with Crippen molar-refractivity contribution in [3.05, 3.63) is 65.2 Å². The van der Waals surface area contributed by atoms with Crippen LogP contribution in [0.4, 0.5) is 10.5 Å². The van der Waals surface area contributed by atoms with Gasteiger partial charge in [0.1, 0.15) is 11.6 Å². The van der Waals surface area contributed by atoms with E-state index >= 15 is 0 Å². The van der Waals surface area contributed by atoms with Gasteiger partial charge >= 0.3 is 12.1 Å². The SMILES string of the molecule is COC(=O)c1ccc(NC(=O)[C@@H]2[C@H](c3ccccc3)CCN2C(=O)[C@H]2CC[C@H](C(C)NC(=O)OC(C)(C)C)CC2)c(C)c1. The third-order valence-corrected chi connectivity index (χ3v) is 8.66. The molecule has 1 saturated heterocycles. The van der Waals surface area contributed by atoms with Gasteiger partial charge in [-0.1, -0.05) is 30.3 Å². The molecule has 0 radical (unpaired) electrons. The van der Waals surface area contributed by atoms with Crippen LogP contribution in [0.15, 0.2) is 48.5 Å². The summed E-state index contributed by atoms with van der Waals surface area (Å²) >= 11 is 0. The Bertz CT molecular complexity index is 1310. The maximum Gasteiger partial charge on any atom is 0.407 e. The molecule has 1 aliphatic carbocycles. The number of carbonyl (C=O) groups is 4. The molecule has 0 spiro atoms. The minimum Gasteiger partial charge on any atom is -0.465 e. The van der Waals surface area contributed by atoms with Gasteiger partial charge < -0.3 is 25.0 Å². The Labute approximate surface area is 254 Å². The lowest BCUT2D eigenvalue weighted by Gasteiger charge is -2.35. The van der Waals surface area contributed by atoms with E-state index in [1.54, 1.807) is 23.1 Å². The number of hydrogen-bond donors (Lipinski definition) is 2. The fraction of sp³-hybridized carbons (Fsp3) is 0.529. The molecule has 1 aliphatic heterocycles. The van der Waals surface area contributed by atoms with E-state index in [0.29, 0.717) is 37.1 Å². The number of methoxy groups -OCH3 is 1. The number of carbonyl (C=O) groups excluding carboxylic acids is 4. The Morgan fingerprint density at radius 1 is 0.953 bits per heavy atom. The summed E-state index contributed by atoms with van der Waals surface area (Å²) in [6, 6.07) is 14.2. The Morgan fingerprint density at radius 3 is 2.23 bits per heavy atom. The van der Waals surface area contributed by atoms with Crippen LogP contribution in [-0.2, 0) is 19.1 Å². The number of rotatable bonds is 7. The Morgan fingerprint density at radius 2 is 1.63 bits per heavy atom.